The fourth-order valence-corrected chi connectivity index (χ4v) is 2.94. The van der Waals surface area contributed by atoms with Gasteiger partial charge in [0.15, 0.2) is 5.96 Å². The van der Waals surface area contributed by atoms with Gasteiger partial charge < -0.3 is 11.1 Å². The summed E-state index contributed by atoms with van der Waals surface area (Å²) in [6.07, 6.45) is 5.64. The van der Waals surface area contributed by atoms with Crippen LogP contribution in [-0.4, -0.2) is 19.0 Å². The van der Waals surface area contributed by atoms with Crippen molar-refractivity contribution in [3.8, 4) is 0 Å². The van der Waals surface area contributed by atoms with Crippen LogP contribution in [0.25, 0.3) is 0 Å². The van der Waals surface area contributed by atoms with Crippen molar-refractivity contribution in [1.82, 2.24) is 5.32 Å². The number of aliphatic imine (C=N–C) groups is 1. The van der Waals surface area contributed by atoms with E-state index in [1.807, 2.05) is 12.1 Å². The number of nitrogens with one attached hydrogen (secondary N) is 1. The van der Waals surface area contributed by atoms with Crippen molar-refractivity contribution in [2.75, 3.05) is 13.1 Å². The maximum Gasteiger partial charge on any atom is 0.188 e. The number of hydrogen-bond donors (Lipinski definition) is 2. The first-order chi connectivity index (χ1) is 9.66. The Morgan fingerprint density at radius 2 is 1.90 bits per heavy atom. The first kappa shape index (κ1) is 18.2. The minimum Gasteiger partial charge on any atom is -0.370 e. The molecule has 3 nitrogen and oxygen atoms in total. The van der Waals surface area contributed by atoms with Crippen LogP contribution in [0.4, 0.5) is 4.39 Å². The monoisotopic (exact) mass is 405 g/mol. The third-order valence-electron chi connectivity index (χ3n) is 4.13. The molecule has 0 aliphatic heterocycles. The number of guanidine groups is 1. The van der Waals surface area contributed by atoms with Crippen LogP contribution in [0.5, 0.6) is 0 Å². The van der Waals surface area contributed by atoms with E-state index in [2.05, 4.69) is 17.2 Å². The van der Waals surface area contributed by atoms with Crippen molar-refractivity contribution in [2.24, 2.45) is 10.7 Å². The highest BCUT2D eigenvalue weighted by atomic mass is 127. The zero-order valence-corrected chi connectivity index (χ0v) is 14.9. The van der Waals surface area contributed by atoms with Gasteiger partial charge in [-0.3, -0.25) is 4.99 Å². The molecule has 0 amide bonds. The molecule has 0 aromatic heterocycles. The lowest BCUT2D eigenvalue weighted by Crippen LogP contribution is -2.35. The lowest BCUT2D eigenvalue weighted by Gasteiger charge is -2.28. The third-order valence-corrected chi connectivity index (χ3v) is 4.13. The molecule has 0 unspecified atom stereocenters. The van der Waals surface area contributed by atoms with E-state index in [1.54, 1.807) is 0 Å². The van der Waals surface area contributed by atoms with Crippen molar-refractivity contribution in [2.45, 2.75) is 44.4 Å². The number of benzene rings is 1. The van der Waals surface area contributed by atoms with Gasteiger partial charge in [0.2, 0.25) is 0 Å². The van der Waals surface area contributed by atoms with Gasteiger partial charge in [-0.25, -0.2) is 4.39 Å². The highest BCUT2D eigenvalue weighted by Gasteiger charge is 2.35. The SMILES string of the molecule is CCCNC(N)=NCC1(c2ccc(F)cc2)CCCC1.I. The van der Waals surface area contributed by atoms with Crippen LogP contribution in [-0.2, 0) is 5.41 Å². The third kappa shape index (κ3) is 4.83. The summed E-state index contributed by atoms with van der Waals surface area (Å²) in [5, 5.41) is 3.10. The van der Waals surface area contributed by atoms with Crippen molar-refractivity contribution < 1.29 is 4.39 Å². The molecule has 21 heavy (non-hydrogen) atoms. The van der Waals surface area contributed by atoms with Crippen LogP contribution < -0.4 is 11.1 Å². The molecule has 0 spiro atoms. The molecule has 1 aromatic rings. The lowest BCUT2D eigenvalue weighted by molar-refractivity contribution is 0.452. The number of nitrogens with two attached hydrogens (primary N) is 1. The summed E-state index contributed by atoms with van der Waals surface area (Å²) in [6, 6.07) is 6.87. The normalized spacial score (nSPS) is 17.3. The average Bonchev–Trinajstić information content (AvgIpc) is 2.93. The summed E-state index contributed by atoms with van der Waals surface area (Å²) in [6.45, 7) is 3.62. The molecule has 1 aliphatic rings. The fraction of sp³-hybridized carbons (Fsp3) is 0.562. The van der Waals surface area contributed by atoms with Crippen molar-refractivity contribution in [3.63, 3.8) is 0 Å². The molecule has 2 rings (SSSR count). The first-order valence-electron chi connectivity index (χ1n) is 7.46. The second kappa shape index (κ2) is 8.56. The van der Waals surface area contributed by atoms with E-state index < -0.39 is 0 Å². The Morgan fingerprint density at radius 1 is 1.29 bits per heavy atom. The Labute approximate surface area is 143 Å². The van der Waals surface area contributed by atoms with Gasteiger partial charge in [0.05, 0.1) is 6.54 Å². The van der Waals surface area contributed by atoms with Gasteiger partial charge in [-0.1, -0.05) is 31.9 Å². The summed E-state index contributed by atoms with van der Waals surface area (Å²) in [5.74, 6) is 0.328. The lowest BCUT2D eigenvalue weighted by atomic mass is 9.79. The summed E-state index contributed by atoms with van der Waals surface area (Å²) in [7, 11) is 0. The summed E-state index contributed by atoms with van der Waals surface area (Å²) in [4.78, 5) is 4.50. The second-order valence-electron chi connectivity index (χ2n) is 5.62. The van der Waals surface area contributed by atoms with E-state index in [-0.39, 0.29) is 35.2 Å². The minimum absolute atomic E-state index is 0. The summed E-state index contributed by atoms with van der Waals surface area (Å²) >= 11 is 0. The van der Waals surface area contributed by atoms with Crippen molar-refractivity contribution in [3.05, 3.63) is 35.6 Å². The number of halogens is 2. The molecule has 1 aliphatic carbocycles. The zero-order chi connectivity index (χ0) is 14.4. The van der Waals surface area contributed by atoms with Crippen LogP contribution in [0.3, 0.4) is 0 Å². The maximum absolute atomic E-state index is 13.1. The Morgan fingerprint density at radius 3 is 2.48 bits per heavy atom. The van der Waals surface area contributed by atoms with E-state index in [1.165, 1.54) is 30.5 Å². The Balaban J connectivity index is 0.00000220. The molecule has 118 valence electrons. The van der Waals surface area contributed by atoms with Crippen LogP contribution in [0, 0.1) is 5.82 Å². The highest BCUT2D eigenvalue weighted by Crippen LogP contribution is 2.41. The molecular formula is C16H25FIN3. The summed E-state index contributed by atoms with van der Waals surface area (Å²) in [5.41, 5.74) is 7.10. The van der Waals surface area contributed by atoms with Crippen LogP contribution >= 0.6 is 24.0 Å². The minimum atomic E-state index is -0.186. The second-order valence-corrected chi connectivity index (χ2v) is 5.62. The van der Waals surface area contributed by atoms with Crippen LogP contribution in [0.15, 0.2) is 29.3 Å². The van der Waals surface area contributed by atoms with Crippen molar-refractivity contribution >= 4 is 29.9 Å². The van der Waals surface area contributed by atoms with Gasteiger partial charge in [-0.05, 0) is 37.0 Å². The van der Waals surface area contributed by atoms with Gasteiger partial charge in [0.25, 0.3) is 0 Å². The van der Waals surface area contributed by atoms with E-state index >= 15 is 0 Å². The van der Waals surface area contributed by atoms with Crippen LogP contribution in [0.2, 0.25) is 0 Å². The number of rotatable bonds is 5. The molecule has 0 saturated heterocycles. The molecule has 1 fully saturated rings. The Bertz CT molecular complexity index is 453. The number of hydrogen-bond acceptors (Lipinski definition) is 1. The average molecular weight is 405 g/mol. The van der Waals surface area contributed by atoms with Crippen molar-refractivity contribution in [1.29, 1.82) is 0 Å². The maximum atomic E-state index is 13.1. The highest BCUT2D eigenvalue weighted by molar-refractivity contribution is 14.0. The molecule has 0 atom stereocenters. The molecule has 1 aromatic carbocycles. The zero-order valence-electron chi connectivity index (χ0n) is 12.6. The quantitative estimate of drug-likeness (QED) is 0.447. The fourth-order valence-electron chi connectivity index (χ4n) is 2.94. The number of nitrogens with zero attached hydrogens (tertiary/aromatic N) is 1. The van der Waals surface area contributed by atoms with Gasteiger partial charge >= 0.3 is 0 Å². The van der Waals surface area contributed by atoms with Gasteiger partial charge in [-0.15, -0.1) is 24.0 Å². The van der Waals surface area contributed by atoms with E-state index in [0.717, 1.165) is 25.8 Å². The molecule has 0 radical (unpaired) electrons. The van der Waals surface area contributed by atoms with Gasteiger partial charge in [-0.2, -0.15) is 0 Å². The molecule has 5 heteroatoms. The van der Waals surface area contributed by atoms with Gasteiger partial charge in [0, 0.05) is 12.0 Å². The van der Waals surface area contributed by atoms with Crippen LogP contribution in [0.1, 0.15) is 44.6 Å². The molecule has 0 heterocycles. The topological polar surface area (TPSA) is 50.4 Å². The summed E-state index contributed by atoms with van der Waals surface area (Å²) < 4.78 is 13.1. The largest absolute Gasteiger partial charge is 0.370 e. The van der Waals surface area contributed by atoms with E-state index in [9.17, 15) is 4.39 Å². The standard InChI is InChI=1S/C16H24FN3.HI/c1-2-11-19-15(18)20-12-16(9-3-4-10-16)13-5-7-14(17)8-6-13;/h5-8H,2-4,9-12H2,1H3,(H3,18,19,20);1H. The van der Waals surface area contributed by atoms with E-state index in [4.69, 9.17) is 5.73 Å². The molecular weight excluding hydrogens is 380 g/mol. The Kier molecular flexibility index (Phi) is 7.42. The molecule has 3 N–H and O–H groups in total. The predicted octanol–water partition coefficient (Wildman–Crippen LogP) is 3.57. The first-order valence-corrected chi connectivity index (χ1v) is 7.46. The van der Waals surface area contributed by atoms with Gasteiger partial charge in [0.1, 0.15) is 5.82 Å². The smallest absolute Gasteiger partial charge is 0.188 e. The predicted molar refractivity (Wildman–Crippen MR) is 96.7 cm³/mol. The Hall–Kier alpha value is -0.850. The molecule has 0 bridgehead atoms. The van der Waals surface area contributed by atoms with E-state index in [0.29, 0.717) is 12.5 Å². The molecule has 1 saturated carbocycles.